The molecule has 8 heteroatoms. The van der Waals surface area contributed by atoms with E-state index < -0.39 is 0 Å². The van der Waals surface area contributed by atoms with Gasteiger partial charge in [-0.1, -0.05) is 29.8 Å². The summed E-state index contributed by atoms with van der Waals surface area (Å²) in [5, 5.41) is 3.53. The van der Waals surface area contributed by atoms with E-state index in [1.807, 2.05) is 43.0 Å². The van der Waals surface area contributed by atoms with Crippen LogP contribution in [0.2, 0.25) is 5.02 Å². The highest BCUT2D eigenvalue weighted by Crippen LogP contribution is 2.30. The van der Waals surface area contributed by atoms with E-state index in [9.17, 15) is 9.59 Å². The van der Waals surface area contributed by atoms with Crippen molar-refractivity contribution in [2.24, 2.45) is 0 Å². The Labute approximate surface area is 200 Å². The molecule has 0 bridgehead atoms. The van der Waals surface area contributed by atoms with Crippen LogP contribution in [-0.4, -0.2) is 67.6 Å². The molecule has 2 aromatic carbocycles. The Morgan fingerprint density at radius 3 is 2.36 bits per heavy atom. The summed E-state index contributed by atoms with van der Waals surface area (Å²) in [5.74, 6) is 0.578. The van der Waals surface area contributed by atoms with E-state index in [2.05, 4.69) is 17.1 Å². The number of hydrogen-bond acceptors (Lipinski definition) is 5. The van der Waals surface area contributed by atoms with Crippen molar-refractivity contribution >= 4 is 23.4 Å². The number of piperazine rings is 1. The molecule has 2 aromatic rings. The second-order valence-corrected chi connectivity index (χ2v) is 8.81. The highest BCUT2D eigenvalue weighted by atomic mass is 35.5. The number of rotatable bonds is 8. The molecule has 1 saturated heterocycles. The number of nitrogens with one attached hydrogen (secondary N) is 1. The normalized spacial score (nSPS) is 15.3. The van der Waals surface area contributed by atoms with Gasteiger partial charge in [0.05, 0.1) is 7.11 Å². The monoisotopic (exact) mass is 473 g/mol. The molecule has 3 rings (SSSR count). The molecule has 2 amide bonds. The third-order valence-corrected chi connectivity index (χ3v) is 6.07. The van der Waals surface area contributed by atoms with Crippen LogP contribution >= 0.6 is 11.6 Å². The average Bonchev–Trinajstić information content (AvgIpc) is 2.81. The van der Waals surface area contributed by atoms with E-state index in [1.54, 1.807) is 18.2 Å². The van der Waals surface area contributed by atoms with Crippen molar-refractivity contribution in [1.29, 1.82) is 0 Å². The lowest BCUT2D eigenvalue weighted by Crippen LogP contribution is -2.49. The molecule has 1 aliphatic rings. The van der Waals surface area contributed by atoms with Crippen molar-refractivity contribution in [2.45, 2.75) is 32.9 Å². The van der Waals surface area contributed by atoms with Crippen LogP contribution in [0.5, 0.6) is 11.5 Å². The van der Waals surface area contributed by atoms with Crippen molar-refractivity contribution in [3.8, 4) is 11.5 Å². The molecule has 0 saturated carbocycles. The summed E-state index contributed by atoms with van der Waals surface area (Å²) in [6, 6.07) is 13.1. The Balaban J connectivity index is 1.60. The van der Waals surface area contributed by atoms with Crippen LogP contribution in [0.25, 0.3) is 0 Å². The molecule has 1 unspecified atom stereocenters. The number of ether oxygens (including phenoxy) is 2. The van der Waals surface area contributed by atoms with Gasteiger partial charge in [-0.3, -0.25) is 14.5 Å². The molecule has 1 N–H and O–H groups in total. The Morgan fingerprint density at radius 2 is 1.73 bits per heavy atom. The lowest BCUT2D eigenvalue weighted by molar-refractivity contribution is -0.123. The minimum Gasteiger partial charge on any atom is -0.493 e. The number of methoxy groups -OCH3 is 1. The zero-order valence-corrected chi connectivity index (χ0v) is 20.4. The number of nitrogens with zero attached hydrogens (tertiary/aromatic N) is 2. The average molecular weight is 474 g/mol. The molecule has 1 aliphatic heterocycles. The number of carbonyl (C=O) groups is 2. The molecular weight excluding hydrogens is 442 g/mol. The zero-order valence-electron chi connectivity index (χ0n) is 19.6. The summed E-state index contributed by atoms with van der Waals surface area (Å²) in [6.07, 6.45) is 0. The van der Waals surface area contributed by atoms with Crippen LogP contribution in [0.15, 0.2) is 42.5 Å². The number of halogens is 1. The van der Waals surface area contributed by atoms with Crippen LogP contribution in [0.3, 0.4) is 0 Å². The number of benzene rings is 2. The fourth-order valence-corrected chi connectivity index (χ4v) is 4.23. The first-order valence-corrected chi connectivity index (χ1v) is 11.6. The third kappa shape index (κ3) is 6.39. The van der Waals surface area contributed by atoms with Crippen LogP contribution in [-0.2, 0) is 4.79 Å². The third-order valence-electron chi connectivity index (χ3n) is 5.72. The van der Waals surface area contributed by atoms with Gasteiger partial charge < -0.3 is 19.7 Å². The maximum Gasteiger partial charge on any atom is 0.258 e. The summed E-state index contributed by atoms with van der Waals surface area (Å²) in [6.45, 7) is 8.58. The summed E-state index contributed by atoms with van der Waals surface area (Å²) in [5.41, 5.74) is 1.62. The molecule has 33 heavy (non-hydrogen) atoms. The lowest BCUT2D eigenvalue weighted by Gasteiger charge is -2.38. The van der Waals surface area contributed by atoms with Gasteiger partial charge in [0.15, 0.2) is 18.1 Å². The van der Waals surface area contributed by atoms with E-state index >= 15 is 0 Å². The molecule has 0 spiro atoms. The Morgan fingerprint density at radius 1 is 1.03 bits per heavy atom. The van der Waals surface area contributed by atoms with Gasteiger partial charge in [-0.25, -0.2) is 0 Å². The topological polar surface area (TPSA) is 71.1 Å². The Kier molecular flexibility index (Phi) is 8.58. The summed E-state index contributed by atoms with van der Waals surface area (Å²) in [7, 11) is 1.51. The smallest absolute Gasteiger partial charge is 0.258 e. The maximum absolute atomic E-state index is 13.1. The highest BCUT2D eigenvalue weighted by molar-refractivity contribution is 6.31. The highest BCUT2D eigenvalue weighted by Gasteiger charge is 2.26. The van der Waals surface area contributed by atoms with Crippen LogP contribution in [0.1, 0.15) is 42.7 Å². The van der Waals surface area contributed by atoms with Crippen molar-refractivity contribution in [1.82, 2.24) is 15.1 Å². The predicted octanol–water partition coefficient (Wildman–Crippen LogP) is 3.77. The van der Waals surface area contributed by atoms with Gasteiger partial charge in [0.1, 0.15) is 0 Å². The number of amides is 2. The molecule has 7 nitrogen and oxygen atoms in total. The van der Waals surface area contributed by atoms with Crippen molar-refractivity contribution in [3.05, 3.63) is 58.6 Å². The molecule has 1 fully saturated rings. The molecule has 1 heterocycles. The number of hydrogen-bond donors (Lipinski definition) is 1. The first-order chi connectivity index (χ1) is 15.8. The number of carbonyl (C=O) groups excluding carboxylic acids is 2. The van der Waals surface area contributed by atoms with Gasteiger partial charge in [-0.2, -0.15) is 0 Å². The van der Waals surface area contributed by atoms with Crippen LogP contribution < -0.4 is 14.8 Å². The predicted molar refractivity (Wildman–Crippen MR) is 129 cm³/mol. The molecule has 0 aromatic heterocycles. The van der Waals surface area contributed by atoms with Crippen LogP contribution in [0.4, 0.5) is 0 Å². The summed E-state index contributed by atoms with van der Waals surface area (Å²) >= 11 is 6.37. The quantitative estimate of drug-likeness (QED) is 0.632. The SMILES string of the molecule is COc1cc(C(=O)N2CCN(C(C)c3ccccc3Cl)CC2)ccc1OCC(=O)NC(C)C. The van der Waals surface area contributed by atoms with E-state index in [0.29, 0.717) is 30.2 Å². The van der Waals surface area contributed by atoms with Crippen molar-refractivity contribution in [2.75, 3.05) is 39.9 Å². The van der Waals surface area contributed by atoms with Gasteiger partial charge in [0.25, 0.3) is 11.8 Å². The summed E-state index contributed by atoms with van der Waals surface area (Å²) in [4.78, 5) is 29.1. The minimum atomic E-state index is -0.212. The lowest BCUT2D eigenvalue weighted by atomic mass is 10.1. The van der Waals surface area contributed by atoms with E-state index in [0.717, 1.165) is 23.7 Å². The first-order valence-electron chi connectivity index (χ1n) is 11.2. The molecule has 0 radical (unpaired) electrons. The van der Waals surface area contributed by atoms with E-state index in [1.165, 1.54) is 7.11 Å². The molecular formula is C25H32ClN3O4. The first kappa shape index (κ1) is 24.9. The van der Waals surface area contributed by atoms with Crippen molar-refractivity contribution in [3.63, 3.8) is 0 Å². The second kappa shape index (κ2) is 11.4. The minimum absolute atomic E-state index is 0.0381. The fourth-order valence-electron chi connectivity index (χ4n) is 3.93. The van der Waals surface area contributed by atoms with Gasteiger partial charge in [-0.05, 0) is 50.6 Å². The second-order valence-electron chi connectivity index (χ2n) is 8.40. The van der Waals surface area contributed by atoms with Crippen LogP contribution in [0, 0.1) is 0 Å². The fraction of sp³-hybridized carbons (Fsp3) is 0.440. The van der Waals surface area contributed by atoms with E-state index in [4.69, 9.17) is 21.1 Å². The molecule has 0 aliphatic carbocycles. The van der Waals surface area contributed by atoms with E-state index in [-0.39, 0.29) is 30.5 Å². The largest absolute Gasteiger partial charge is 0.493 e. The Bertz CT molecular complexity index is 974. The van der Waals surface area contributed by atoms with Gasteiger partial charge >= 0.3 is 0 Å². The van der Waals surface area contributed by atoms with Gasteiger partial charge in [0, 0.05) is 48.8 Å². The Hall–Kier alpha value is -2.77. The van der Waals surface area contributed by atoms with Gasteiger partial charge in [-0.15, -0.1) is 0 Å². The molecule has 1 atom stereocenters. The zero-order chi connectivity index (χ0) is 24.0. The van der Waals surface area contributed by atoms with Crippen molar-refractivity contribution < 1.29 is 19.1 Å². The maximum atomic E-state index is 13.1. The van der Waals surface area contributed by atoms with Gasteiger partial charge in [0.2, 0.25) is 0 Å². The summed E-state index contributed by atoms with van der Waals surface area (Å²) < 4.78 is 11.0. The standard InChI is InChI=1S/C25H32ClN3O4/c1-17(2)27-24(30)16-33-22-10-9-19(15-23(22)32-4)25(31)29-13-11-28(12-14-29)18(3)20-7-5-6-8-21(20)26/h5-10,15,17-18H,11-14,16H2,1-4H3,(H,27,30). The molecule has 178 valence electrons.